The first-order valence-corrected chi connectivity index (χ1v) is 6.74. The van der Waals surface area contributed by atoms with Crippen LogP contribution in [0, 0.1) is 0 Å². The molecule has 0 unspecified atom stereocenters. The molecule has 2 aromatic rings. The predicted octanol–water partition coefficient (Wildman–Crippen LogP) is 3.26. The lowest BCUT2D eigenvalue weighted by Gasteiger charge is -2.10. The lowest BCUT2D eigenvalue weighted by Crippen LogP contribution is -2.17. The first-order chi connectivity index (χ1) is 10.7. The Kier molecular flexibility index (Phi) is 5.37. The summed E-state index contributed by atoms with van der Waals surface area (Å²) in [5, 5.41) is 5.07. The summed E-state index contributed by atoms with van der Waals surface area (Å²) >= 11 is 0. The molecule has 0 heterocycles. The maximum absolute atomic E-state index is 11.9. The quantitative estimate of drug-likeness (QED) is 0.803. The zero-order valence-corrected chi connectivity index (χ0v) is 12.0. The van der Waals surface area contributed by atoms with Crippen LogP contribution >= 0.6 is 0 Å². The number of rotatable bonds is 6. The fourth-order valence-electron chi connectivity index (χ4n) is 1.81. The van der Waals surface area contributed by atoms with Crippen LogP contribution in [0.15, 0.2) is 48.5 Å². The van der Waals surface area contributed by atoms with Crippen molar-refractivity contribution in [1.82, 2.24) is 0 Å². The van der Waals surface area contributed by atoms with E-state index in [-0.39, 0.29) is 5.75 Å². The molecule has 6 nitrogen and oxygen atoms in total. The van der Waals surface area contributed by atoms with Crippen LogP contribution in [0.1, 0.15) is 6.92 Å². The minimum absolute atomic E-state index is 0.257. The normalized spacial score (nSPS) is 9.68. The topological polar surface area (TPSA) is 76.7 Å². The highest BCUT2D eigenvalue weighted by Crippen LogP contribution is 2.24. The van der Waals surface area contributed by atoms with E-state index in [4.69, 9.17) is 9.47 Å². The molecule has 0 aliphatic carbocycles. The van der Waals surface area contributed by atoms with E-state index in [2.05, 4.69) is 10.6 Å². The van der Waals surface area contributed by atoms with Crippen LogP contribution in [-0.2, 0) is 4.79 Å². The van der Waals surface area contributed by atoms with Crippen molar-refractivity contribution in [3.8, 4) is 11.5 Å². The Morgan fingerprint density at radius 3 is 2.77 bits per heavy atom. The molecule has 0 atom stereocenters. The first-order valence-electron chi connectivity index (χ1n) is 6.74. The van der Waals surface area contributed by atoms with Crippen molar-refractivity contribution in [2.45, 2.75) is 6.92 Å². The van der Waals surface area contributed by atoms with Gasteiger partial charge in [0, 0.05) is 11.8 Å². The number of nitrogens with one attached hydrogen (secondary N) is 2. The Hall–Kier alpha value is -3.02. The molecule has 2 N–H and O–H groups in total. The fraction of sp³-hybridized carbons (Fsp3) is 0.125. The van der Waals surface area contributed by atoms with E-state index in [0.717, 1.165) is 0 Å². The molecule has 0 fully saturated rings. The largest absolute Gasteiger partial charge is 0.494 e. The molecule has 0 spiro atoms. The van der Waals surface area contributed by atoms with E-state index in [1.165, 1.54) is 0 Å². The van der Waals surface area contributed by atoms with Crippen LogP contribution in [-0.4, -0.2) is 19.1 Å². The van der Waals surface area contributed by atoms with Gasteiger partial charge in [0.05, 0.1) is 12.3 Å². The van der Waals surface area contributed by atoms with Gasteiger partial charge in [-0.2, -0.15) is 0 Å². The van der Waals surface area contributed by atoms with E-state index in [0.29, 0.717) is 30.1 Å². The third kappa shape index (κ3) is 4.24. The molecular formula is C16H16N2O4. The van der Waals surface area contributed by atoms with Gasteiger partial charge in [0.2, 0.25) is 6.41 Å². The van der Waals surface area contributed by atoms with E-state index in [1.54, 1.807) is 48.5 Å². The highest BCUT2D eigenvalue weighted by atomic mass is 16.6. The zero-order chi connectivity index (χ0) is 15.8. The Morgan fingerprint density at radius 2 is 2.00 bits per heavy atom. The molecule has 2 rings (SSSR count). The monoisotopic (exact) mass is 300 g/mol. The van der Waals surface area contributed by atoms with E-state index in [9.17, 15) is 9.59 Å². The van der Waals surface area contributed by atoms with Crippen molar-refractivity contribution >= 4 is 23.9 Å². The highest BCUT2D eigenvalue weighted by molar-refractivity contribution is 5.88. The van der Waals surface area contributed by atoms with Crippen molar-refractivity contribution in [3.63, 3.8) is 0 Å². The molecule has 0 bridgehead atoms. The number of benzene rings is 2. The highest BCUT2D eigenvalue weighted by Gasteiger charge is 2.09. The minimum atomic E-state index is -0.659. The van der Waals surface area contributed by atoms with Gasteiger partial charge >= 0.3 is 6.09 Å². The van der Waals surface area contributed by atoms with Crippen molar-refractivity contribution in [3.05, 3.63) is 48.5 Å². The number of hydrogen-bond acceptors (Lipinski definition) is 4. The average molecular weight is 300 g/mol. The second-order valence-corrected chi connectivity index (χ2v) is 4.23. The molecule has 0 aliphatic heterocycles. The van der Waals surface area contributed by atoms with Gasteiger partial charge in [-0.25, -0.2) is 4.79 Å². The summed E-state index contributed by atoms with van der Waals surface area (Å²) in [5.41, 5.74) is 0.965. The van der Waals surface area contributed by atoms with Crippen molar-refractivity contribution in [1.29, 1.82) is 0 Å². The molecular weight excluding hydrogens is 284 g/mol. The maximum Gasteiger partial charge on any atom is 0.417 e. The Morgan fingerprint density at radius 1 is 1.18 bits per heavy atom. The molecule has 0 saturated heterocycles. The number of para-hydroxylation sites is 2. The van der Waals surface area contributed by atoms with Crippen molar-refractivity contribution < 1.29 is 19.1 Å². The van der Waals surface area contributed by atoms with Gasteiger partial charge in [0.1, 0.15) is 5.75 Å². The number of hydrogen-bond donors (Lipinski definition) is 2. The van der Waals surface area contributed by atoms with Crippen molar-refractivity contribution in [2.75, 3.05) is 17.2 Å². The van der Waals surface area contributed by atoms with Gasteiger partial charge < -0.3 is 14.8 Å². The molecule has 2 amide bonds. The smallest absolute Gasteiger partial charge is 0.417 e. The molecule has 114 valence electrons. The minimum Gasteiger partial charge on any atom is -0.494 e. The second kappa shape index (κ2) is 7.68. The van der Waals surface area contributed by atoms with E-state index < -0.39 is 6.09 Å². The molecule has 6 heteroatoms. The average Bonchev–Trinajstić information content (AvgIpc) is 2.50. The summed E-state index contributed by atoms with van der Waals surface area (Å²) < 4.78 is 10.5. The molecule has 22 heavy (non-hydrogen) atoms. The van der Waals surface area contributed by atoms with Crippen LogP contribution in [0.2, 0.25) is 0 Å². The third-order valence-electron chi connectivity index (χ3n) is 2.70. The van der Waals surface area contributed by atoms with Crippen LogP contribution in [0.3, 0.4) is 0 Å². The van der Waals surface area contributed by atoms with Gasteiger partial charge in [-0.15, -0.1) is 0 Å². The second-order valence-electron chi connectivity index (χ2n) is 4.23. The summed E-state index contributed by atoms with van der Waals surface area (Å²) in [7, 11) is 0. The predicted molar refractivity (Wildman–Crippen MR) is 83.4 cm³/mol. The lowest BCUT2D eigenvalue weighted by atomic mass is 10.3. The fourth-order valence-corrected chi connectivity index (χ4v) is 1.81. The number of carbonyl (C=O) groups is 2. The summed E-state index contributed by atoms with van der Waals surface area (Å²) in [5.74, 6) is 0.913. The molecule has 0 aromatic heterocycles. The molecule has 0 saturated carbocycles. The summed E-state index contributed by atoms with van der Waals surface area (Å²) in [6.07, 6.45) is -0.139. The van der Waals surface area contributed by atoms with Crippen LogP contribution in [0.25, 0.3) is 0 Å². The van der Waals surface area contributed by atoms with Gasteiger partial charge in [-0.05, 0) is 31.2 Å². The standard InChI is InChI=1S/C16H16N2O4/c1-2-21-13-7-5-6-12(10-13)18-16(20)22-15-9-4-3-8-14(15)17-11-19/h3-11H,2H2,1H3,(H,17,19)(H,18,20). The number of carbonyl (C=O) groups excluding carboxylic acids is 2. The third-order valence-corrected chi connectivity index (χ3v) is 2.70. The van der Waals surface area contributed by atoms with E-state index in [1.807, 2.05) is 6.92 Å². The SMILES string of the molecule is CCOc1cccc(NC(=O)Oc2ccccc2NC=O)c1. The summed E-state index contributed by atoms with van der Waals surface area (Å²) in [6.45, 7) is 2.42. The van der Waals surface area contributed by atoms with Crippen LogP contribution in [0.4, 0.5) is 16.2 Å². The van der Waals surface area contributed by atoms with E-state index >= 15 is 0 Å². The zero-order valence-electron chi connectivity index (χ0n) is 12.0. The Bertz CT molecular complexity index is 658. The summed E-state index contributed by atoms with van der Waals surface area (Å²) in [6, 6.07) is 13.6. The summed E-state index contributed by atoms with van der Waals surface area (Å²) in [4.78, 5) is 22.4. The molecule has 0 radical (unpaired) electrons. The molecule has 2 aromatic carbocycles. The first kappa shape index (κ1) is 15.4. The Balaban J connectivity index is 2.04. The van der Waals surface area contributed by atoms with Crippen LogP contribution in [0.5, 0.6) is 11.5 Å². The number of amides is 2. The lowest BCUT2D eigenvalue weighted by molar-refractivity contribution is -0.105. The van der Waals surface area contributed by atoms with Gasteiger partial charge in [0.25, 0.3) is 0 Å². The van der Waals surface area contributed by atoms with Gasteiger partial charge in [-0.1, -0.05) is 18.2 Å². The van der Waals surface area contributed by atoms with Gasteiger partial charge in [0.15, 0.2) is 5.75 Å². The van der Waals surface area contributed by atoms with Crippen molar-refractivity contribution in [2.24, 2.45) is 0 Å². The molecule has 0 aliphatic rings. The number of ether oxygens (including phenoxy) is 2. The maximum atomic E-state index is 11.9. The number of anilines is 2. The van der Waals surface area contributed by atoms with Gasteiger partial charge in [-0.3, -0.25) is 10.1 Å². The van der Waals surface area contributed by atoms with Crippen LogP contribution < -0.4 is 20.1 Å². The Labute approximate surface area is 128 Å².